The minimum atomic E-state index is -0.137. The molecule has 0 spiro atoms. The fourth-order valence-corrected chi connectivity index (χ4v) is 5.48. The molecule has 11 heteroatoms. The van der Waals surface area contributed by atoms with E-state index in [1.54, 1.807) is 6.20 Å². The molecule has 162 valence electrons. The zero-order valence-corrected chi connectivity index (χ0v) is 18.9. The standard InChI is InChI=1S/C20H23N7O2S2/c1-11-3-4-14(10-21-11)8-16(29)23-20-26-24-17(30-20)9-13-5-6-15(7-13)18-25-27-19(31-18)22-12(2)28/h3-4,10,13,15H,5-9H2,1-2H3,(H,22,27,28)(H,23,26,29). The summed E-state index contributed by atoms with van der Waals surface area (Å²) in [4.78, 5) is 27.6. The van der Waals surface area contributed by atoms with Crippen LogP contribution < -0.4 is 10.6 Å². The lowest BCUT2D eigenvalue weighted by Crippen LogP contribution is -2.14. The first-order chi connectivity index (χ1) is 14.9. The summed E-state index contributed by atoms with van der Waals surface area (Å²) in [7, 11) is 0. The third kappa shape index (κ3) is 5.88. The molecule has 0 bridgehead atoms. The van der Waals surface area contributed by atoms with Gasteiger partial charge in [-0.15, -0.1) is 20.4 Å². The van der Waals surface area contributed by atoms with Crippen molar-refractivity contribution in [1.29, 1.82) is 0 Å². The van der Waals surface area contributed by atoms with Crippen molar-refractivity contribution in [1.82, 2.24) is 25.4 Å². The molecule has 0 aromatic carbocycles. The van der Waals surface area contributed by atoms with E-state index in [4.69, 9.17) is 0 Å². The highest BCUT2D eigenvalue weighted by Crippen LogP contribution is 2.41. The van der Waals surface area contributed by atoms with E-state index in [1.165, 1.54) is 29.6 Å². The molecular weight excluding hydrogens is 434 g/mol. The second-order valence-corrected chi connectivity index (χ2v) is 9.81. The summed E-state index contributed by atoms with van der Waals surface area (Å²) in [6.07, 6.45) is 5.95. The maximum Gasteiger partial charge on any atom is 0.230 e. The molecule has 0 saturated heterocycles. The predicted molar refractivity (Wildman–Crippen MR) is 119 cm³/mol. The summed E-state index contributed by atoms with van der Waals surface area (Å²) >= 11 is 2.87. The maximum atomic E-state index is 12.3. The Labute approximate surface area is 187 Å². The summed E-state index contributed by atoms with van der Waals surface area (Å²) in [6.45, 7) is 3.38. The fraction of sp³-hybridized carbons (Fsp3) is 0.450. The van der Waals surface area contributed by atoms with Crippen molar-refractivity contribution in [2.24, 2.45) is 5.92 Å². The summed E-state index contributed by atoms with van der Waals surface area (Å²) in [5.41, 5.74) is 1.79. The Bertz CT molecular complexity index is 1060. The molecule has 9 nitrogen and oxygen atoms in total. The molecule has 1 aliphatic rings. The monoisotopic (exact) mass is 457 g/mol. The number of anilines is 2. The Morgan fingerprint density at radius 1 is 1.06 bits per heavy atom. The molecule has 0 aliphatic heterocycles. The number of amides is 2. The quantitative estimate of drug-likeness (QED) is 0.558. The second kappa shape index (κ2) is 9.56. The van der Waals surface area contributed by atoms with E-state index < -0.39 is 0 Å². The Balaban J connectivity index is 1.27. The van der Waals surface area contributed by atoms with Gasteiger partial charge in [0.1, 0.15) is 10.0 Å². The SMILES string of the molecule is CC(=O)Nc1nnc(C2CCC(Cc3nnc(NC(=O)Cc4ccc(C)nc4)s3)C2)s1. The summed E-state index contributed by atoms with van der Waals surface area (Å²) in [5, 5.41) is 25.2. The van der Waals surface area contributed by atoms with Gasteiger partial charge in [0.05, 0.1) is 6.42 Å². The molecule has 31 heavy (non-hydrogen) atoms. The van der Waals surface area contributed by atoms with Gasteiger partial charge in [0.15, 0.2) is 0 Å². The van der Waals surface area contributed by atoms with Crippen molar-refractivity contribution in [3.63, 3.8) is 0 Å². The zero-order valence-electron chi connectivity index (χ0n) is 17.3. The van der Waals surface area contributed by atoms with Gasteiger partial charge in [0, 0.05) is 31.2 Å². The van der Waals surface area contributed by atoms with Crippen LogP contribution in [0.2, 0.25) is 0 Å². The molecule has 2 atom stereocenters. The van der Waals surface area contributed by atoms with Crippen LogP contribution in [0.5, 0.6) is 0 Å². The van der Waals surface area contributed by atoms with Gasteiger partial charge in [-0.25, -0.2) is 0 Å². The van der Waals surface area contributed by atoms with Crippen molar-refractivity contribution < 1.29 is 9.59 Å². The largest absolute Gasteiger partial charge is 0.301 e. The molecule has 3 heterocycles. The van der Waals surface area contributed by atoms with Gasteiger partial charge < -0.3 is 10.6 Å². The number of carbonyl (C=O) groups is 2. The number of nitrogens with zero attached hydrogens (tertiary/aromatic N) is 5. The van der Waals surface area contributed by atoms with Gasteiger partial charge in [0.25, 0.3) is 0 Å². The van der Waals surface area contributed by atoms with Gasteiger partial charge in [-0.3, -0.25) is 14.6 Å². The minimum absolute atomic E-state index is 0.125. The van der Waals surface area contributed by atoms with E-state index >= 15 is 0 Å². The lowest BCUT2D eigenvalue weighted by molar-refractivity contribution is -0.116. The normalized spacial score (nSPS) is 18.1. The molecule has 2 amide bonds. The highest BCUT2D eigenvalue weighted by atomic mass is 32.1. The van der Waals surface area contributed by atoms with Crippen LogP contribution in [-0.2, 0) is 22.4 Å². The Hall–Kier alpha value is -2.79. The lowest BCUT2D eigenvalue weighted by Gasteiger charge is -2.06. The van der Waals surface area contributed by atoms with E-state index in [-0.39, 0.29) is 18.2 Å². The third-order valence-electron chi connectivity index (χ3n) is 5.13. The van der Waals surface area contributed by atoms with Crippen molar-refractivity contribution in [2.75, 3.05) is 10.6 Å². The van der Waals surface area contributed by atoms with Crippen LogP contribution in [0, 0.1) is 12.8 Å². The van der Waals surface area contributed by atoms with Crippen LogP contribution in [0.15, 0.2) is 18.3 Å². The first-order valence-electron chi connectivity index (χ1n) is 10.1. The zero-order chi connectivity index (χ0) is 21.8. The highest BCUT2D eigenvalue weighted by molar-refractivity contribution is 7.15. The number of pyridine rings is 1. The molecule has 1 fully saturated rings. The Kier molecular flexibility index (Phi) is 6.62. The van der Waals surface area contributed by atoms with Gasteiger partial charge in [-0.1, -0.05) is 28.7 Å². The van der Waals surface area contributed by atoms with Gasteiger partial charge in [0.2, 0.25) is 22.1 Å². The number of carbonyl (C=O) groups excluding carboxylic acids is 2. The molecule has 1 saturated carbocycles. The topological polar surface area (TPSA) is 123 Å². The number of aryl methyl sites for hydroxylation is 1. The second-order valence-electron chi connectivity index (χ2n) is 7.74. The summed E-state index contributed by atoms with van der Waals surface area (Å²) < 4.78 is 0. The van der Waals surface area contributed by atoms with Crippen LogP contribution >= 0.6 is 22.7 Å². The number of rotatable bonds is 7. The minimum Gasteiger partial charge on any atom is -0.301 e. The number of aromatic nitrogens is 5. The fourth-order valence-electron chi connectivity index (χ4n) is 3.67. The molecule has 2 N–H and O–H groups in total. The van der Waals surface area contributed by atoms with Crippen molar-refractivity contribution in [3.8, 4) is 0 Å². The maximum absolute atomic E-state index is 12.3. The molecule has 1 aliphatic carbocycles. The molecule has 2 unspecified atom stereocenters. The first kappa shape index (κ1) is 21.4. The number of hydrogen-bond acceptors (Lipinski definition) is 9. The highest BCUT2D eigenvalue weighted by Gasteiger charge is 2.29. The van der Waals surface area contributed by atoms with Crippen LogP contribution in [0.4, 0.5) is 10.3 Å². The molecule has 3 aromatic heterocycles. The van der Waals surface area contributed by atoms with E-state index in [1.807, 2.05) is 19.1 Å². The summed E-state index contributed by atoms with van der Waals surface area (Å²) in [6, 6.07) is 3.80. The van der Waals surface area contributed by atoms with Gasteiger partial charge >= 0.3 is 0 Å². The van der Waals surface area contributed by atoms with Crippen LogP contribution in [-0.4, -0.2) is 37.2 Å². The van der Waals surface area contributed by atoms with Gasteiger partial charge in [-0.05, 0) is 43.7 Å². The van der Waals surface area contributed by atoms with Gasteiger partial charge in [-0.2, -0.15) is 0 Å². The van der Waals surface area contributed by atoms with Crippen molar-refractivity contribution in [3.05, 3.63) is 39.6 Å². The van der Waals surface area contributed by atoms with E-state index in [0.29, 0.717) is 22.1 Å². The van der Waals surface area contributed by atoms with E-state index in [9.17, 15) is 9.59 Å². The lowest BCUT2D eigenvalue weighted by atomic mass is 10.0. The van der Waals surface area contributed by atoms with Crippen LogP contribution in [0.3, 0.4) is 0 Å². The van der Waals surface area contributed by atoms with E-state index in [0.717, 1.165) is 47.0 Å². The van der Waals surface area contributed by atoms with Crippen molar-refractivity contribution in [2.45, 2.75) is 51.9 Å². The molecule has 3 aromatic rings. The van der Waals surface area contributed by atoms with E-state index in [2.05, 4.69) is 36.0 Å². The van der Waals surface area contributed by atoms with Crippen LogP contribution in [0.25, 0.3) is 0 Å². The smallest absolute Gasteiger partial charge is 0.230 e. The Morgan fingerprint density at radius 3 is 2.65 bits per heavy atom. The predicted octanol–water partition coefficient (Wildman–Crippen LogP) is 3.36. The molecular formula is C20H23N7O2S2. The average molecular weight is 458 g/mol. The molecule has 0 radical (unpaired) electrons. The molecule has 4 rings (SSSR count). The number of nitrogens with one attached hydrogen (secondary N) is 2. The summed E-state index contributed by atoms with van der Waals surface area (Å²) in [5.74, 6) is 0.593. The third-order valence-corrected chi connectivity index (χ3v) is 6.99. The van der Waals surface area contributed by atoms with Crippen LogP contribution in [0.1, 0.15) is 53.4 Å². The number of hydrogen-bond donors (Lipinski definition) is 2. The Morgan fingerprint density at radius 2 is 1.87 bits per heavy atom. The van der Waals surface area contributed by atoms with Crippen molar-refractivity contribution >= 4 is 44.8 Å². The average Bonchev–Trinajstić information content (AvgIpc) is 3.45. The first-order valence-corrected chi connectivity index (χ1v) is 11.7.